The number of rotatable bonds is 7. The van der Waals surface area contributed by atoms with Crippen molar-refractivity contribution >= 4 is 46.2 Å². The molecular formula is C32H40N6O5. The summed E-state index contributed by atoms with van der Waals surface area (Å²) in [7, 11) is 3.85. The number of nitrogens with zero attached hydrogens (tertiary/aromatic N) is 3. The summed E-state index contributed by atoms with van der Waals surface area (Å²) in [6, 6.07) is 12.8. The van der Waals surface area contributed by atoms with Crippen LogP contribution in [0.5, 0.6) is 0 Å². The molecule has 2 aliphatic rings. The number of para-hydroxylation sites is 1. The summed E-state index contributed by atoms with van der Waals surface area (Å²) in [5.41, 5.74) is 2.54. The molecule has 3 aromatic rings. The van der Waals surface area contributed by atoms with Crippen LogP contribution in [-0.2, 0) is 20.7 Å². The van der Waals surface area contributed by atoms with E-state index in [2.05, 4.69) is 15.6 Å². The molecule has 228 valence electrons. The van der Waals surface area contributed by atoms with E-state index in [1.54, 1.807) is 37.8 Å². The fraction of sp³-hybridized carbons (Fsp3) is 0.438. The topological polar surface area (TPSA) is 127 Å². The van der Waals surface area contributed by atoms with Gasteiger partial charge in [-0.25, -0.2) is 14.5 Å². The summed E-state index contributed by atoms with van der Waals surface area (Å²) in [6.07, 6.45) is 2.72. The lowest BCUT2D eigenvalue weighted by molar-refractivity contribution is -0.126. The lowest BCUT2D eigenvalue weighted by atomic mass is 9.91. The van der Waals surface area contributed by atoms with E-state index < -0.39 is 35.7 Å². The lowest BCUT2D eigenvalue weighted by Crippen LogP contribution is -2.66. The number of hydrogen-bond acceptors (Lipinski definition) is 6. The van der Waals surface area contributed by atoms with Crippen LogP contribution in [0.15, 0.2) is 54.7 Å². The number of benzene rings is 2. The first kappa shape index (κ1) is 29.9. The number of anilines is 2. The van der Waals surface area contributed by atoms with Gasteiger partial charge >= 0.3 is 12.1 Å². The van der Waals surface area contributed by atoms with Gasteiger partial charge in [-0.05, 0) is 69.5 Å². The number of aromatic amines is 1. The van der Waals surface area contributed by atoms with Crippen molar-refractivity contribution in [2.24, 2.45) is 0 Å². The van der Waals surface area contributed by atoms with E-state index in [1.807, 2.05) is 61.6 Å². The van der Waals surface area contributed by atoms with Crippen LogP contribution in [-0.4, -0.2) is 78.2 Å². The molecule has 3 atom stereocenters. The summed E-state index contributed by atoms with van der Waals surface area (Å²) >= 11 is 0. The van der Waals surface area contributed by atoms with Crippen LogP contribution in [0.25, 0.3) is 10.9 Å². The van der Waals surface area contributed by atoms with Crippen molar-refractivity contribution < 1.29 is 23.9 Å². The second-order valence-corrected chi connectivity index (χ2v) is 12.4. The fourth-order valence-electron chi connectivity index (χ4n) is 5.84. The van der Waals surface area contributed by atoms with Gasteiger partial charge in [0.15, 0.2) is 0 Å². The third-order valence-electron chi connectivity index (χ3n) is 7.91. The minimum absolute atomic E-state index is 0.0821. The fourth-order valence-corrected chi connectivity index (χ4v) is 5.84. The second-order valence-electron chi connectivity index (χ2n) is 12.4. The summed E-state index contributed by atoms with van der Waals surface area (Å²) in [6.45, 7) is 5.77. The van der Waals surface area contributed by atoms with Gasteiger partial charge < -0.3 is 30.2 Å². The van der Waals surface area contributed by atoms with E-state index in [0.717, 1.165) is 22.2 Å². The van der Waals surface area contributed by atoms with Crippen LogP contribution in [0.2, 0.25) is 0 Å². The van der Waals surface area contributed by atoms with Crippen LogP contribution in [0, 0.1) is 0 Å². The first-order valence-electron chi connectivity index (χ1n) is 14.7. The van der Waals surface area contributed by atoms with Gasteiger partial charge in [0.1, 0.15) is 11.6 Å². The van der Waals surface area contributed by atoms with Crippen LogP contribution in [0.4, 0.5) is 21.0 Å². The summed E-state index contributed by atoms with van der Waals surface area (Å²) in [5.74, 6) is -0.711. The predicted molar refractivity (Wildman–Crippen MR) is 165 cm³/mol. The number of piperidine rings is 1. The van der Waals surface area contributed by atoms with Gasteiger partial charge in [-0.1, -0.05) is 18.2 Å². The predicted octanol–water partition coefficient (Wildman–Crippen LogP) is 4.18. The maximum Gasteiger partial charge on any atom is 0.408 e. The summed E-state index contributed by atoms with van der Waals surface area (Å²) in [5, 5.41) is 6.78. The van der Waals surface area contributed by atoms with Crippen molar-refractivity contribution in [3.05, 3.63) is 60.3 Å². The Morgan fingerprint density at radius 3 is 2.51 bits per heavy atom. The van der Waals surface area contributed by atoms with Gasteiger partial charge in [0.05, 0.1) is 18.2 Å². The van der Waals surface area contributed by atoms with Crippen molar-refractivity contribution in [3.8, 4) is 0 Å². The minimum atomic E-state index is -0.939. The van der Waals surface area contributed by atoms with Crippen LogP contribution in [0.3, 0.4) is 0 Å². The molecule has 43 heavy (non-hydrogen) atoms. The van der Waals surface area contributed by atoms with E-state index in [1.165, 1.54) is 4.90 Å². The normalized spacial score (nSPS) is 19.6. The van der Waals surface area contributed by atoms with E-state index in [-0.39, 0.29) is 24.8 Å². The Bertz CT molecular complexity index is 1510. The standard InChI is InChI=1S/C32H40N6O5/c1-32(2,3)43-30(41)35-26(17-20-19-33-24-10-7-6-9-23(20)24)29(40)34-25-11-8-16-37-27(25)18-28(39)38(31(37)42)22-14-12-21(13-15-22)36(4)5/h6-7,9-10,12-15,19,25-27,33H,8,11,16-18H2,1-5H3,(H,34,40)(H,35,41)/t25-,26-,27+/m0/s1. The van der Waals surface area contributed by atoms with Crippen LogP contribution < -0.4 is 20.4 Å². The number of urea groups is 1. The number of H-pyrrole nitrogens is 1. The molecule has 11 nitrogen and oxygen atoms in total. The molecule has 11 heteroatoms. The van der Waals surface area contributed by atoms with Gasteiger partial charge in [-0.3, -0.25) is 9.59 Å². The highest BCUT2D eigenvalue weighted by atomic mass is 16.6. The van der Waals surface area contributed by atoms with E-state index in [4.69, 9.17) is 4.74 Å². The number of aromatic nitrogens is 1. The number of amides is 5. The molecule has 0 unspecified atom stereocenters. The molecule has 0 spiro atoms. The van der Waals surface area contributed by atoms with Gasteiger partial charge in [0, 0.05) is 55.9 Å². The number of imide groups is 1. The highest BCUT2D eigenvalue weighted by Gasteiger charge is 2.45. The minimum Gasteiger partial charge on any atom is -0.444 e. The SMILES string of the molecule is CN(C)c1ccc(N2C(=O)C[C@@H]3[C@@H](NC(=O)[C@H](Cc4c[nH]c5ccccc45)NC(=O)OC(C)(C)C)CCCN3C2=O)cc1. The molecule has 0 radical (unpaired) electrons. The molecule has 3 heterocycles. The van der Waals surface area contributed by atoms with Crippen molar-refractivity contribution in [1.82, 2.24) is 20.5 Å². The van der Waals surface area contributed by atoms with Crippen molar-refractivity contribution in [3.63, 3.8) is 0 Å². The van der Waals surface area contributed by atoms with Crippen LogP contribution in [0.1, 0.15) is 45.6 Å². The number of hydrogen-bond donors (Lipinski definition) is 3. The second kappa shape index (κ2) is 12.0. The van der Waals surface area contributed by atoms with Gasteiger partial charge in [0.25, 0.3) is 0 Å². The van der Waals surface area contributed by atoms with Crippen molar-refractivity contribution in [2.75, 3.05) is 30.4 Å². The Morgan fingerprint density at radius 2 is 1.81 bits per heavy atom. The number of nitrogens with one attached hydrogen (secondary N) is 3. The van der Waals surface area contributed by atoms with E-state index >= 15 is 0 Å². The molecule has 0 saturated carbocycles. The Balaban J connectivity index is 1.33. The number of ether oxygens (including phenoxy) is 1. The molecule has 1 aromatic heterocycles. The Kier molecular flexibility index (Phi) is 8.34. The van der Waals surface area contributed by atoms with Crippen molar-refractivity contribution in [2.45, 2.75) is 70.2 Å². The average molecular weight is 589 g/mol. The molecule has 2 fully saturated rings. The molecule has 0 aliphatic carbocycles. The monoisotopic (exact) mass is 588 g/mol. The van der Waals surface area contributed by atoms with Gasteiger partial charge in [0.2, 0.25) is 11.8 Å². The molecule has 3 N–H and O–H groups in total. The smallest absolute Gasteiger partial charge is 0.408 e. The maximum atomic E-state index is 13.8. The molecule has 5 rings (SSSR count). The zero-order valence-corrected chi connectivity index (χ0v) is 25.3. The highest BCUT2D eigenvalue weighted by molar-refractivity contribution is 6.16. The molecule has 5 amide bonds. The van der Waals surface area contributed by atoms with Gasteiger partial charge in [-0.15, -0.1) is 0 Å². The molecular weight excluding hydrogens is 548 g/mol. The molecule has 2 aliphatic heterocycles. The number of carbonyl (C=O) groups excluding carboxylic acids is 4. The molecule has 2 saturated heterocycles. The lowest BCUT2D eigenvalue weighted by Gasteiger charge is -2.46. The number of alkyl carbamates (subject to hydrolysis) is 1. The van der Waals surface area contributed by atoms with E-state index in [0.29, 0.717) is 25.1 Å². The molecule has 0 bridgehead atoms. The number of fused-ring (bicyclic) bond motifs is 2. The quantitative estimate of drug-likeness (QED) is 0.380. The Morgan fingerprint density at radius 1 is 1.09 bits per heavy atom. The first-order valence-corrected chi connectivity index (χ1v) is 14.7. The summed E-state index contributed by atoms with van der Waals surface area (Å²) in [4.78, 5) is 61.6. The number of carbonyl (C=O) groups is 4. The van der Waals surface area contributed by atoms with Gasteiger partial charge in [-0.2, -0.15) is 0 Å². The largest absolute Gasteiger partial charge is 0.444 e. The Hall–Kier alpha value is -4.54. The third kappa shape index (κ3) is 6.60. The third-order valence-corrected chi connectivity index (χ3v) is 7.91. The zero-order chi connectivity index (χ0) is 30.9. The maximum absolute atomic E-state index is 13.8. The van der Waals surface area contributed by atoms with E-state index in [9.17, 15) is 19.2 Å². The van der Waals surface area contributed by atoms with Crippen molar-refractivity contribution in [1.29, 1.82) is 0 Å². The average Bonchev–Trinajstić information content (AvgIpc) is 3.35. The summed E-state index contributed by atoms with van der Waals surface area (Å²) < 4.78 is 5.46. The molecule has 2 aromatic carbocycles. The first-order chi connectivity index (χ1) is 20.4. The Labute approximate surface area is 251 Å². The highest BCUT2D eigenvalue weighted by Crippen LogP contribution is 2.31. The zero-order valence-electron chi connectivity index (χ0n) is 25.3. The van der Waals surface area contributed by atoms with Crippen LogP contribution >= 0.6 is 0 Å².